The highest BCUT2D eigenvalue weighted by molar-refractivity contribution is 7.07. The third kappa shape index (κ3) is 5.47. The Morgan fingerprint density at radius 3 is 2.24 bits per heavy atom. The van der Waals surface area contributed by atoms with Crippen LogP contribution in [0.5, 0.6) is 0 Å². The highest BCUT2D eigenvalue weighted by atomic mass is 32.1. The molecule has 0 spiro atoms. The van der Waals surface area contributed by atoms with Crippen LogP contribution >= 0.6 is 11.3 Å². The van der Waals surface area contributed by atoms with Gasteiger partial charge in [0.1, 0.15) is 0 Å². The third-order valence-electron chi connectivity index (χ3n) is 6.35. The number of nitrogens with zero attached hydrogens (tertiary/aromatic N) is 4. The summed E-state index contributed by atoms with van der Waals surface area (Å²) in [5.74, 6) is 0.704. The number of nitro benzene ring substituents is 1. The first-order chi connectivity index (χ1) is 15.7. The normalized spacial score (nSPS) is 17.3. The summed E-state index contributed by atoms with van der Waals surface area (Å²) in [6.45, 7) is 9.01. The van der Waals surface area contributed by atoms with Crippen LogP contribution in [0.4, 0.5) is 11.4 Å². The van der Waals surface area contributed by atoms with E-state index in [1.54, 1.807) is 12.1 Å². The summed E-state index contributed by atoms with van der Waals surface area (Å²) in [7, 11) is 0. The molecule has 3 aromatic rings. The number of hydrogen-bond donors (Lipinski definition) is 0. The van der Waals surface area contributed by atoms with Crippen molar-refractivity contribution in [2.45, 2.75) is 53.4 Å². The van der Waals surface area contributed by atoms with E-state index in [1.807, 2.05) is 34.3 Å². The first-order valence-electron chi connectivity index (χ1n) is 11.3. The zero-order valence-electron chi connectivity index (χ0n) is 19.6. The molecule has 1 fully saturated rings. The maximum atomic E-state index is 11.1. The van der Waals surface area contributed by atoms with E-state index in [1.165, 1.54) is 34.7 Å². The highest BCUT2D eigenvalue weighted by Crippen LogP contribution is 2.37. The van der Waals surface area contributed by atoms with Crippen LogP contribution in [0.2, 0.25) is 0 Å². The van der Waals surface area contributed by atoms with Gasteiger partial charge in [-0.1, -0.05) is 38.5 Å². The van der Waals surface area contributed by atoms with Gasteiger partial charge in [-0.2, -0.15) is 5.10 Å². The van der Waals surface area contributed by atoms with Crippen molar-refractivity contribution in [2.75, 3.05) is 0 Å². The van der Waals surface area contributed by atoms with Gasteiger partial charge in [-0.05, 0) is 68.2 Å². The summed E-state index contributed by atoms with van der Waals surface area (Å²) < 4.78 is 1.92. The molecule has 1 aromatic heterocycles. The van der Waals surface area contributed by atoms with E-state index in [2.05, 4.69) is 27.7 Å². The molecule has 0 N–H and O–H groups in total. The quantitative estimate of drug-likeness (QED) is 0.306. The second-order valence-electron chi connectivity index (χ2n) is 9.77. The molecule has 7 heteroatoms. The molecule has 0 aliphatic heterocycles. The molecule has 1 aliphatic carbocycles. The molecule has 0 amide bonds. The number of aryl methyl sites for hydroxylation is 1. The van der Waals surface area contributed by atoms with Gasteiger partial charge >= 0.3 is 0 Å². The van der Waals surface area contributed by atoms with Crippen LogP contribution < -0.4 is 4.80 Å². The second-order valence-corrected chi connectivity index (χ2v) is 10.6. The lowest BCUT2D eigenvalue weighted by Gasteiger charge is -2.34. The van der Waals surface area contributed by atoms with Gasteiger partial charge in [0, 0.05) is 28.8 Å². The zero-order chi connectivity index (χ0) is 23.6. The molecule has 33 heavy (non-hydrogen) atoms. The Labute approximate surface area is 198 Å². The Morgan fingerprint density at radius 1 is 1.03 bits per heavy atom. The summed E-state index contributed by atoms with van der Waals surface area (Å²) >= 11 is 1.53. The molecule has 0 bridgehead atoms. The van der Waals surface area contributed by atoms with Crippen LogP contribution in [-0.4, -0.2) is 15.3 Å². The van der Waals surface area contributed by atoms with Crippen molar-refractivity contribution in [3.05, 3.63) is 74.4 Å². The summed E-state index contributed by atoms with van der Waals surface area (Å²) in [4.78, 5) is 16.3. The van der Waals surface area contributed by atoms with Crippen LogP contribution in [0, 0.1) is 28.4 Å². The zero-order valence-corrected chi connectivity index (χ0v) is 20.4. The van der Waals surface area contributed by atoms with Gasteiger partial charge in [-0.3, -0.25) is 10.1 Å². The first-order valence-corrected chi connectivity index (χ1v) is 12.2. The van der Waals surface area contributed by atoms with Gasteiger partial charge in [0.2, 0.25) is 4.80 Å². The van der Waals surface area contributed by atoms with Crippen molar-refractivity contribution in [1.29, 1.82) is 0 Å². The number of thiazole rings is 1. The van der Waals surface area contributed by atoms with Crippen molar-refractivity contribution in [3.8, 4) is 11.3 Å². The molecule has 1 saturated carbocycles. The number of nitro groups is 1. The Hall–Kier alpha value is -3.06. The van der Waals surface area contributed by atoms with Crippen molar-refractivity contribution in [3.63, 3.8) is 0 Å². The van der Waals surface area contributed by atoms with Gasteiger partial charge in [0.05, 0.1) is 16.3 Å². The predicted octanol–water partition coefficient (Wildman–Crippen LogP) is 7.11. The fourth-order valence-electron chi connectivity index (χ4n) is 4.21. The molecule has 2 aromatic carbocycles. The molecular formula is C26H30N4O2S. The van der Waals surface area contributed by atoms with Gasteiger partial charge in [-0.25, -0.2) is 9.67 Å². The monoisotopic (exact) mass is 462 g/mol. The van der Waals surface area contributed by atoms with E-state index in [9.17, 15) is 10.1 Å². The molecule has 0 atom stereocenters. The average molecular weight is 463 g/mol. The molecule has 1 aliphatic rings. The van der Waals surface area contributed by atoms with Crippen molar-refractivity contribution in [1.82, 2.24) is 4.68 Å². The maximum absolute atomic E-state index is 11.1. The molecule has 6 nitrogen and oxygen atoms in total. The number of rotatable bonds is 4. The minimum Gasteiger partial charge on any atom is -0.258 e. The van der Waals surface area contributed by atoms with Crippen LogP contribution in [0.25, 0.3) is 11.3 Å². The van der Waals surface area contributed by atoms with Gasteiger partial charge in [0.25, 0.3) is 5.69 Å². The molecule has 0 saturated heterocycles. The minimum atomic E-state index is -0.377. The van der Waals surface area contributed by atoms with Crippen molar-refractivity contribution < 1.29 is 4.92 Å². The van der Waals surface area contributed by atoms with E-state index in [0.29, 0.717) is 11.3 Å². The number of non-ortho nitro benzene ring substituents is 1. The maximum Gasteiger partial charge on any atom is 0.269 e. The van der Waals surface area contributed by atoms with Crippen LogP contribution in [-0.2, 0) is 0 Å². The number of benzene rings is 2. The first kappa shape index (κ1) is 23.1. The Balaban J connectivity index is 1.74. The predicted molar refractivity (Wildman–Crippen MR) is 135 cm³/mol. The average Bonchev–Trinajstić information content (AvgIpc) is 3.17. The lowest BCUT2D eigenvalue weighted by Crippen LogP contribution is -2.26. The Morgan fingerprint density at radius 2 is 1.67 bits per heavy atom. The van der Waals surface area contributed by atoms with E-state index in [-0.39, 0.29) is 10.6 Å². The SMILES string of the molecule is Cc1ccc(N=c2scc(-c3ccc([N+](=O)[O-])cc3)n2N=C2CCC(C(C)(C)C)CC2)cc1. The molecule has 0 unspecified atom stereocenters. The van der Waals surface area contributed by atoms with Gasteiger partial charge < -0.3 is 0 Å². The van der Waals surface area contributed by atoms with Crippen molar-refractivity contribution >= 4 is 28.4 Å². The molecular weight excluding hydrogens is 432 g/mol. The van der Waals surface area contributed by atoms with Crippen LogP contribution in [0.3, 0.4) is 0 Å². The van der Waals surface area contributed by atoms with E-state index in [4.69, 9.17) is 10.1 Å². The van der Waals surface area contributed by atoms with Crippen LogP contribution in [0.15, 0.2) is 64.0 Å². The Bertz CT molecular complexity index is 1220. The number of aromatic nitrogens is 1. The van der Waals surface area contributed by atoms with Crippen molar-refractivity contribution in [2.24, 2.45) is 21.4 Å². The van der Waals surface area contributed by atoms with Crippen LogP contribution in [0.1, 0.15) is 52.0 Å². The van der Waals surface area contributed by atoms with E-state index >= 15 is 0 Å². The Kier molecular flexibility index (Phi) is 6.61. The molecule has 1 heterocycles. The molecule has 0 radical (unpaired) electrons. The van der Waals surface area contributed by atoms with Gasteiger partial charge in [-0.15, -0.1) is 11.3 Å². The van der Waals surface area contributed by atoms with E-state index < -0.39 is 0 Å². The van der Waals surface area contributed by atoms with E-state index in [0.717, 1.165) is 47.4 Å². The smallest absolute Gasteiger partial charge is 0.258 e. The fraction of sp³-hybridized carbons (Fsp3) is 0.385. The lowest BCUT2D eigenvalue weighted by atomic mass is 9.72. The topological polar surface area (TPSA) is 72.8 Å². The largest absolute Gasteiger partial charge is 0.269 e. The molecule has 172 valence electrons. The standard InChI is InChI=1S/C26H30N4O2S/c1-18-5-11-21(12-6-18)27-25-29(28-22-13-9-20(10-14-22)26(2,3)4)24(17-33-25)19-7-15-23(16-8-19)30(31)32/h5-8,11-12,15-17,20H,9-10,13-14H2,1-4H3. The highest BCUT2D eigenvalue weighted by Gasteiger charge is 2.28. The summed E-state index contributed by atoms with van der Waals surface area (Å²) in [6.07, 6.45) is 4.25. The lowest BCUT2D eigenvalue weighted by molar-refractivity contribution is -0.384. The minimum absolute atomic E-state index is 0.0805. The second kappa shape index (κ2) is 9.43. The summed E-state index contributed by atoms with van der Waals surface area (Å²) in [6, 6.07) is 14.7. The fourth-order valence-corrected chi connectivity index (χ4v) is 5.06. The number of hydrogen-bond acceptors (Lipinski definition) is 5. The van der Waals surface area contributed by atoms with Gasteiger partial charge in [0.15, 0.2) is 0 Å². The summed E-state index contributed by atoms with van der Waals surface area (Å²) in [5.41, 5.74) is 5.43. The third-order valence-corrected chi connectivity index (χ3v) is 7.16. The summed E-state index contributed by atoms with van der Waals surface area (Å²) in [5, 5.41) is 18.2. The molecule has 4 rings (SSSR count).